The van der Waals surface area contributed by atoms with Crippen molar-refractivity contribution in [3.05, 3.63) is 72.9 Å². The average Bonchev–Trinajstić information content (AvgIpc) is 2.72. The summed E-state index contributed by atoms with van der Waals surface area (Å²) in [5.41, 5.74) is 0. The van der Waals surface area contributed by atoms with Crippen molar-refractivity contribution < 1.29 is 14.7 Å². The smallest absolute Gasteiger partial charge is 0.303 e. The lowest BCUT2D eigenvalue weighted by atomic mass is 10.1. The molecule has 0 aliphatic carbocycles. The van der Waals surface area contributed by atoms with E-state index in [0.717, 1.165) is 6.42 Å². The van der Waals surface area contributed by atoms with Crippen LogP contribution in [0.25, 0.3) is 0 Å². The van der Waals surface area contributed by atoms with Crippen molar-refractivity contribution in [3.8, 4) is 0 Å². The van der Waals surface area contributed by atoms with Gasteiger partial charge in [-0.3, -0.25) is 9.59 Å². The van der Waals surface area contributed by atoms with Crippen LogP contribution in [-0.4, -0.2) is 23.5 Å². The summed E-state index contributed by atoms with van der Waals surface area (Å²) in [4.78, 5) is 21.8. The molecule has 0 heterocycles. The Labute approximate surface area is 182 Å². The number of carboxylic acids is 1. The van der Waals surface area contributed by atoms with Crippen molar-refractivity contribution in [1.29, 1.82) is 0 Å². The van der Waals surface area contributed by atoms with E-state index in [1.54, 1.807) is 12.2 Å². The van der Waals surface area contributed by atoms with Crippen LogP contribution >= 0.6 is 0 Å². The monoisotopic (exact) mass is 413 g/mol. The highest BCUT2D eigenvalue weighted by molar-refractivity contribution is 5.87. The summed E-state index contributed by atoms with van der Waals surface area (Å²) in [5.74, 6) is -1.08. The standard InChI is InChI=1S/C26H39NO3/c1-2-3-4-5-6-7-8-9-10-11-12-13-14-15-16-17-18-19-20-22-25(28)27-24-21-23-26(29)30/h10-20,22H,2-9,21,23-24H2,1H3,(H,27,28)(H,29,30). The van der Waals surface area contributed by atoms with Crippen molar-refractivity contribution in [3.63, 3.8) is 0 Å². The van der Waals surface area contributed by atoms with Crippen molar-refractivity contribution in [2.75, 3.05) is 6.54 Å². The van der Waals surface area contributed by atoms with E-state index in [0.29, 0.717) is 13.0 Å². The molecule has 0 aromatic carbocycles. The largest absolute Gasteiger partial charge is 0.481 e. The van der Waals surface area contributed by atoms with Crippen molar-refractivity contribution in [2.45, 2.75) is 71.1 Å². The molecule has 0 aliphatic heterocycles. The molecule has 4 nitrogen and oxygen atoms in total. The second-order valence-electron chi connectivity index (χ2n) is 7.03. The second-order valence-corrected chi connectivity index (χ2v) is 7.03. The quantitative estimate of drug-likeness (QED) is 0.154. The molecule has 0 bridgehead atoms. The van der Waals surface area contributed by atoms with Gasteiger partial charge in [-0.05, 0) is 19.3 Å². The number of amides is 1. The fourth-order valence-electron chi connectivity index (χ4n) is 2.56. The molecule has 2 N–H and O–H groups in total. The predicted molar refractivity (Wildman–Crippen MR) is 127 cm³/mol. The third kappa shape index (κ3) is 23.4. The van der Waals surface area contributed by atoms with Crippen LogP contribution in [0.1, 0.15) is 71.1 Å². The van der Waals surface area contributed by atoms with Crippen LogP contribution in [0.5, 0.6) is 0 Å². The van der Waals surface area contributed by atoms with Crippen LogP contribution in [0.4, 0.5) is 0 Å². The molecule has 0 saturated carbocycles. The van der Waals surface area contributed by atoms with Gasteiger partial charge >= 0.3 is 5.97 Å². The van der Waals surface area contributed by atoms with Gasteiger partial charge in [0, 0.05) is 19.0 Å². The molecule has 0 radical (unpaired) electrons. The first-order valence-electron chi connectivity index (χ1n) is 11.2. The molecule has 4 heteroatoms. The zero-order valence-electron chi connectivity index (χ0n) is 18.5. The van der Waals surface area contributed by atoms with Crippen molar-refractivity contribution in [2.24, 2.45) is 0 Å². The van der Waals surface area contributed by atoms with Crippen molar-refractivity contribution >= 4 is 11.9 Å². The molecule has 0 rings (SSSR count). The first kappa shape index (κ1) is 27.4. The number of unbranched alkanes of at least 4 members (excludes halogenated alkanes) is 7. The number of allylic oxidation sites excluding steroid dienone is 11. The topological polar surface area (TPSA) is 66.4 Å². The summed E-state index contributed by atoms with van der Waals surface area (Å²) in [6, 6.07) is 0. The third-order valence-electron chi connectivity index (χ3n) is 4.22. The van der Waals surface area contributed by atoms with Gasteiger partial charge in [-0.25, -0.2) is 0 Å². The number of carboxylic acid groups (broad SMARTS) is 1. The van der Waals surface area contributed by atoms with Gasteiger partial charge in [0.25, 0.3) is 0 Å². The van der Waals surface area contributed by atoms with E-state index in [4.69, 9.17) is 5.11 Å². The van der Waals surface area contributed by atoms with E-state index in [1.807, 2.05) is 42.5 Å². The van der Waals surface area contributed by atoms with E-state index in [2.05, 4.69) is 24.4 Å². The highest BCUT2D eigenvalue weighted by atomic mass is 16.4. The lowest BCUT2D eigenvalue weighted by Gasteiger charge is -1.98. The molecule has 0 saturated heterocycles. The molecule has 0 aliphatic rings. The van der Waals surface area contributed by atoms with E-state index < -0.39 is 5.97 Å². The Morgan fingerprint density at radius 2 is 1.23 bits per heavy atom. The van der Waals surface area contributed by atoms with E-state index in [9.17, 15) is 9.59 Å². The Morgan fingerprint density at radius 1 is 0.700 bits per heavy atom. The second kappa shape index (κ2) is 22.7. The molecule has 0 fully saturated rings. The Kier molecular flexibility index (Phi) is 20.7. The number of carbonyl (C=O) groups is 2. The predicted octanol–water partition coefficient (Wildman–Crippen LogP) is 6.45. The van der Waals surface area contributed by atoms with E-state index >= 15 is 0 Å². The normalized spacial score (nSPS) is 12.6. The molecule has 30 heavy (non-hydrogen) atoms. The molecule has 0 atom stereocenters. The van der Waals surface area contributed by atoms with Gasteiger partial charge in [-0.15, -0.1) is 0 Å². The number of aliphatic carboxylic acids is 1. The summed E-state index contributed by atoms with van der Waals surface area (Å²) >= 11 is 0. The van der Waals surface area contributed by atoms with Crippen LogP contribution < -0.4 is 5.32 Å². The SMILES string of the molecule is CCCCCCCCCC=CC=CC=CC=CC=CC=CC(=O)NCCCC(=O)O. The summed E-state index contributed by atoms with van der Waals surface area (Å²) in [7, 11) is 0. The molecule has 0 unspecified atom stereocenters. The number of nitrogens with one attached hydrogen (secondary N) is 1. The maximum Gasteiger partial charge on any atom is 0.303 e. The lowest BCUT2D eigenvalue weighted by Crippen LogP contribution is -2.22. The minimum absolute atomic E-state index is 0.0624. The number of carbonyl (C=O) groups excluding carboxylic acids is 1. The molecule has 0 aromatic rings. The van der Waals surface area contributed by atoms with Crippen LogP contribution in [0, 0.1) is 0 Å². The van der Waals surface area contributed by atoms with Crippen LogP contribution in [-0.2, 0) is 9.59 Å². The molecule has 0 spiro atoms. The summed E-state index contributed by atoms with van der Waals surface area (Å²) < 4.78 is 0. The molecular formula is C26H39NO3. The fraction of sp³-hybridized carbons (Fsp3) is 0.462. The van der Waals surface area contributed by atoms with Gasteiger partial charge in [-0.1, -0.05) is 112 Å². The van der Waals surface area contributed by atoms with E-state index in [1.165, 1.54) is 51.0 Å². The summed E-state index contributed by atoms with van der Waals surface area (Å²) in [6.45, 7) is 2.62. The minimum atomic E-state index is -0.852. The molecule has 166 valence electrons. The maximum absolute atomic E-state index is 11.4. The first-order chi connectivity index (χ1) is 14.7. The Hall–Kier alpha value is -2.62. The zero-order valence-corrected chi connectivity index (χ0v) is 18.5. The van der Waals surface area contributed by atoms with Crippen molar-refractivity contribution in [1.82, 2.24) is 5.32 Å². The van der Waals surface area contributed by atoms with Crippen LogP contribution in [0.2, 0.25) is 0 Å². The maximum atomic E-state index is 11.4. The van der Waals surface area contributed by atoms with Gasteiger partial charge in [-0.2, -0.15) is 0 Å². The fourth-order valence-corrected chi connectivity index (χ4v) is 2.56. The average molecular weight is 414 g/mol. The summed E-state index contributed by atoms with van der Waals surface area (Å²) in [5, 5.41) is 11.1. The van der Waals surface area contributed by atoms with Crippen LogP contribution in [0.3, 0.4) is 0 Å². The number of hydrogen-bond donors (Lipinski definition) is 2. The minimum Gasteiger partial charge on any atom is -0.481 e. The van der Waals surface area contributed by atoms with Gasteiger partial charge in [0.2, 0.25) is 5.91 Å². The van der Waals surface area contributed by atoms with E-state index in [-0.39, 0.29) is 12.3 Å². The van der Waals surface area contributed by atoms with Crippen LogP contribution in [0.15, 0.2) is 72.9 Å². The number of hydrogen-bond acceptors (Lipinski definition) is 2. The zero-order chi connectivity index (χ0) is 22.1. The highest BCUT2D eigenvalue weighted by Gasteiger charge is 1.97. The van der Waals surface area contributed by atoms with Gasteiger partial charge < -0.3 is 10.4 Å². The highest BCUT2D eigenvalue weighted by Crippen LogP contribution is 2.08. The van der Waals surface area contributed by atoms with Gasteiger partial charge in [0.05, 0.1) is 0 Å². The van der Waals surface area contributed by atoms with Gasteiger partial charge in [0.1, 0.15) is 0 Å². The number of rotatable bonds is 18. The van der Waals surface area contributed by atoms with Gasteiger partial charge in [0.15, 0.2) is 0 Å². The molecule has 0 aromatic heterocycles. The Bertz CT molecular complexity index is 610. The Balaban J connectivity index is 3.70. The summed E-state index contributed by atoms with van der Waals surface area (Å²) in [6.07, 6.45) is 33.9. The lowest BCUT2D eigenvalue weighted by molar-refractivity contribution is -0.137. The Morgan fingerprint density at radius 3 is 1.83 bits per heavy atom. The molecular weight excluding hydrogens is 374 g/mol. The third-order valence-corrected chi connectivity index (χ3v) is 4.22. The first-order valence-corrected chi connectivity index (χ1v) is 11.2. The molecule has 1 amide bonds.